The molecule has 2 rings (SSSR count). The van der Waals surface area contributed by atoms with E-state index in [0.29, 0.717) is 6.42 Å². The van der Waals surface area contributed by atoms with E-state index in [-0.39, 0.29) is 24.5 Å². The van der Waals surface area contributed by atoms with Gasteiger partial charge in [-0.2, -0.15) is 0 Å². The average molecular weight is 261 g/mol. The van der Waals surface area contributed by atoms with Gasteiger partial charge in [-0.15, -0.1) is 0 Å². The monoisotopic (exact) mass is 261 g/mol. The second-order valence-electron chi connectivity index (χ2n) is 5.33. The number of aliphatic hydroxyl groups is 1. The molecular formula is C16H23NO2. The van der Waals surface area contributed by atoms with Crippen LogP contribution in [0.3, 0.4) is 0 Å². The highest BCUT2D eigenvalue weighted by atomic mass is 16.3. The summed E-state index contributed by atoms with van der Waals surface area (Å²) in [5.41, 5.74) is 2.69. The van der Waals surface area contributed by atoms with E-state index in [1.165, 1.54) is 11.1 Å². The van der Waals surface area contributed by atoms with Crippen LogP contribution in [0.2, 0.25) is 0 Å². The normalized spacial score (nSPS) is 19.6. The minimum absolute atomic E-state index is 0.0858. The van der Waals surface area contributed by atoms with Crippen LogP contribution in [0.15, 0.2) is 24.3 Å². The van der Waals surface area contributed by atoms with Gasteiger partial charge >= 0.3 is 0 Å². The highest BCUT2D eigenvalue weighted by Gasteiger charge is 2.25. The molecule has 1 aromatic carbocycles. The number of amides is 1. The molecule has 104 valence electrons. The Balaban J connectivity index is 1.95. The van der Waals surface area contributed by atoms with E-state index in [9.17, 15) is 4.79 Å². The Hall–Kier alpha value is -1.35. The molecule has 1 aliphatic carbocycles. The van der Waals surface area contributed by atoms with Crippen LogP contribution in [-0.2, 0) is 17.6 Å². The summed E-state index contributed by atoms with van der Waals surface area (Å²) < 4.78 is 0. The largest absolute Gasteiger partial charge is 0.396 e. The van der Waals surface area contributed by atoms with E-state index in [0.717, 1.165) is 25.7 Å². The average Bonchev–Trinajstić information content (AvgIpc) is 2.46. The molecule has 3 heteroatoms. The Kier molecular flexibility index (Phi) is 4.97. The van der Waals surface area contributed by atoms with Crippen LogP contribution >= 0.6 is 0 Å². The molecular weight excluding hydrogens is 238 g/mol. The molecule has 1 aromatic rings. The molecule has 0 aliphatic heterocycles. The van der Waals surface area contributed by atoms with Gasteiger partial charge in [0.25, 0.3) is 0 Å². The lowest BCUT2D eigenvalue weighted by Crippen LogP contribution is -2.40. The first-order valence-electron chi connectivity index (χ1n) is 7.22. The Bertz CT molecular complexity index is 431. The number of nitrogens with one attached hydrogen (secondary N) is 1. The molecule has 0 heterocycles. The molecule has 0 bridgehead atoms. The van der Waals surface area contributed by atoms with Crippen LogP contribution in [0, 0.1) is 5.92 Å². The fourth-order valence-electron chi connectivity index (χ4n) is 2.77. The van der Waals surface area contributed by atoms with Crippen molar-refractivity contribution < 1.29 is 9.90 Å². The second-order valence-corrected chi connectivity index (χ2v) is 5.33. The van der Waals surface area contributed by atoms with Gasteiger partial charge in [0.2, 0.25) is 5.91 Å². The number of benzene rings is 1. The Morgan fingerprint density at radius 2 is 2.16 bits per heavy atom. The van der Waals surface area contributed by atoms with Crippen molar-refractivity contribution >= 4 is 5.91 Å². The Morgan fingerprint density at radius 1 is 1.42 bits per heavy atom. The lowest BCUT2D eigenvalue weighted by atomic mass is 9.83. The van der Waals surface area contributed by atoms with Gasteiger partial charge < -0.3 is 10.4 Å². The molecule has 0 fully saturated rings. The minimum atomic E-state index is 0.0858. The van der Waals surface area contributed by atoms with Crippen molar-refractivity contribution in [1.82, 2.24) is 5.32 Å². The quantitative estimate of drug-likeness (QED) is 0.852. The molecule has 1 amide bonds. The van der Waals surface area contributed by atoms with Crippen LogP contribution in [0.4, 0.5) is 0 Å². The van der Waals surface area contributed by atoms with Gasteiger partial charge in [0.1, 0.15) is 0 Å². The summed E-state index contributed by atoms with van der Waals surface area (Å²) in [6, 6.07) is 8.49. The van der Waals surface area contributed by atoms with Crippen molar-refractivity contribution in [2.24, 2.45) is 5.92 Å². The number of fused-ring (bicyclic) bond motifs is 1. The Morgan fingerprint density at radius 3 is 2.84 bits per heavy atom. The minimum Gasteiger partial charge on any atom is -0.396 e. The van der Waals surface area contributed by atoms with E-state index in [4.69, 9.17) is 5.11 Å². The molecule has 2 N–H and O–H groups in total. The van der Waals surface area contributed by atoms with Gasteiger partial charge in [-0.05, 0) is 43.2 Å². The van der Waals surface area contributed by atoms with E-state index in [1.807, 2.05) is 13.0 Å². The lowest BCUT2D eigenvalue weighted by Gasteiger charge is -2.26. The fraction of sp³-hybridized carbons (Fsp3) is 0.562. The molecule has 0 radical (unpaired) electrons. The zero-order chi connectivity index (χ0) is 13.7. The smallest absolute Gasteiger partial charge is 0.223 e. The maximum atomic E-state index is 12.3. The summed E-state index contributed by atoms with van der Waals surface area (Å²) in [5, 5.41) is 12.0. The third-order valence-corrected chi connectivity index (χ3v) is 4.03. The summed E-state index contributed by atoms with van der Waals surface area (Å²) in [6.07, 6.45) is 4.28. The van der Waals surface area contributed by atoms with Gasteiger partial charge in [0.05, 0.1) is 0 Å². The summed E-state index contributed by atoms with van der Waals surface area (Å²) in [4.78, 5) is 12.3. The van der Waals surface area contributed by atoms with Crippen molar-refractivity contribution in [3.8, 4) is 0 Å². The van der Waals surface area contributed by atoms with Crippen LogP contribution in [0.1, 0.15) is 37.3 Å². The van der Waals surface area contributed by atoms with Gasteiger partial charge in [0.15, 0.2) is 0 Å². The Labute approximate surface area is 115 Å². The van der Waals surface area contributed by atoms with Gasteiger partial charge in [0, 0.05) is 18.6 Å². The van der Waals surface area contributed by atoms with Crippen LogP contribution < -0.4 is 5.32 Å². The number of aliphatic hydroxyl groups excluding tert-OH is 1. The molecule has 19 heavy (non-hydrogen) atoms. The molecule has 0 aromatic heterocycles. The highest BCUT2D eigenvalue weighted by Crippen LogP contribution is 2.25. The van der Waals surface area contributed by atoms with Crippen molar-refractivity contribution in [3.05, 3.63) is 35.4 Å². The topological polar surface area (TPSA) is 49.3 Å². The van der Waals surface area contributed by atoms with Gasteiger partial charge in [-0.1, -0.05) is 31.2 Å². The van der Waals surface area contributed by atoms with Crippen LogP contribution in [0.25, 0.3) is 0 Å². The molecule has 0 spiro atoms. The van der Waals surface area contributed by atoms with Crippen molar-refractivity contribution in [1.29, 1.82) is 0 Å². The summed E-state index contributed by atoms with van der Waals surface area (Å²) in [7, 11) is 0. The third-order valence-electron chi connectivity index (χ3n) is 4.03. The van der Waals surface area contributed by atoms with Crippen molar-refractivity contribution in [3.63, 3.8) is 0 Å². The maximum absolute atomic E-state index is 12.3. The molecule has 0 saturated carbocycles. The molecule has 3 nitrogen and oxygen atoms in total. The number of aryl methyl sites for hydroxylation is 1. The second kappa shape index (κ2) is 6.71. The number of carbonyl (C=O) groups excluding carboxylic acids is 1. The zero-order valence-electron chi connectivity index (χ0n) is 11.6. The number of hydrogen-bond acceptors (Lipinski definition) is 2. The number of carbonyl (C=O) groups is 1. The maximum Gasteiger partial charge on any atom is 0.223 e. The van der Waals surface area contributed by atoms with E-state index < -0.39 is 0 Å². The standard InChI is InChI=1S/C16H23NO2/c1-2-15(9-10-18)17-16(19)14-8-7-12-5-3-4-6-13(12)11-14/h3-6,14-15,18H,2,7-11H2,1H3,(H,17,19). The predicted molar refractivity (Wildman–Crippen MR) is 75.9 cm³/mol. The molecule has 0 saturated heterocycles. The number of rotatable bonds is 5. The first kappa shape index (κ1) is 14.1. The SMILES string of the molecule is CCC(CCO)NC(=O)C1CCc2ccccc2C1. The van der Waals surface area contributed by atoms with Crippen LogP contribution in [-0.4, -0.2) is 23.7 Å². The van der Waals surface area contributed by atoms with Crippen LogP contribution in [0.5, 0.6) is 0 Å². The zero-order valence-corrected chi connectivity index (χ0v) is 11.6. The first-order chi connectivity index (χ1) is 9.24. The molecule has 2 unspecified atom stereocenters. The number of hydrogen-bond donors (Lipinski definition) is 2. The van der Waals surface area contributed by atoms with Gasteiger partial charge in [-0.3, -0.25) is 4.79 Å². The summed E-state index contributed by atoms with van der Waals surface area (Å²) >= 11 is 0. The third kappa shape index (κ3) is 3.57. The van der Waals surface area contributed by atoms with E-state index >= 15 is 0 Å². The molecule has 2 atom stereocenters. The summed E-state index contributed by atoms with van der Waals surface area (Å²) in [6.45, 7) is 2.17. The predicted octanol–water partition coefficient (Wildman–Crippen LogP) is 2.07. The highest BCUT2D eigenvalue weighted by molar-refractivity contribution is 5.79. The van der Waals surface area contributed by atoms with Crippen molar-refractivity contribution in [2.45, 2.75) is 45.1 Å². The van der Waals surface area contributed by atoms with Gasteiger partial charge in [-0.25, -0.2) is 0 Å². The van der Waals surface area contributed by atoms with Crippen molar-refractivity contribution in [2.75, 3.05) is 6.61 Å². The molecule has 1 aliphatic rings. The summed E-state index contributed by atoms with van der Waals surface area (Å²) in [5.74, 6) is 0.234. The first-order valence-corrected chi connectivity index (χ1v) is 7.22. The van der Waals surface area contributed by atoms with E-state index in [1.54, 1.807) is 0 Å². The lowest BCUT2D eigenvalue weighted by molar-refractivity contribution is -0.126. The van der Waals surface area contributed by atoms with E-state index in [2.05, 4.69) is 23.5 Å². The fourth-order valence-corrected chi connectivity index (χ4v) is 2.77.